The van der Waals surface area contributed by atoms with Crippen LogP contribution in [0.5, 0.6) is 0 Å². The molecule has 0 unspecified atom stereocenters. The van der Waals surface area contributed by atoms with Crippen LogP contribution in [0.25, 0.3) is 11.0 Å². The zero-order valence-electron chi connectivity index (χ0n) is 5.93. The Morgan fingerprint density at radius 3 is 3.09 bits per heavy atom. The number of pyridine rings is 1. The molecule has 2 heterocycles. The lowest BCUT2D eigenvalue weighted by Crippen LogP contribution is -1.85. The van der Waals surface area contributed by atoms with Crippen molar-refractivity contribution in [3.8, 4) is 0 Å². The van der Waals surface area contributed by atoms with Gasteiger partial charge in [-0.25, -0.2) is 9.37 Å². The number of aryl methyl sites for hydroxylation is 1. The van der Waals surface area contributed by atoms with E-state index in [4.69, 9.17) is 0 Å². The third-order valence-corrected chi connectivity index (χ3v) is 1.69. The second-order valence-corrected chi connectivity index (χ2v) is 2.36. The standard InChI is InChI=1S/C7H6FN3/c1-4-5-2-10-11-7(5)9-3-6(4)8/h2-3H,1H3,(H,9,10,11). The van der Waals surface area contributed by atoms with Crippen molar-refractivity contribution in [2.45, 2.75) is 6.92 Å². The number of aromatic nitrogens is 3. The highest BCUT2D eigenvalue weighted by Crippen LogP contribution is 2.15. The molecule has 0 aliphatic carbocycles. The van der Waals surface area contributed by atoms with Gasteiger partial charge in [0.15, 0.2) is 5.65 Å². The quantitative estimate of drug-likeness (QED) is 0.618. The van der Waals surface area contributed by atoms with Crippen molar-refractivity contribution in [2.24, 2.45) is 0 Å². The van der Waals surface area contributed by atoms with Crippen molar-refractivity contribution in [1.29, 1.82) is 0 Å². The Kier molecular flexibility index (Phi) is 1.15. The van der Waals surface area contributed by atoms with E-state index in [9.17, 15) is 4.39 Å². The largest absolute Gasteiger partial charge is 0.261 e. The molecular formula is C7H6FN3. The molecular weight excluding hydrogens is 145 g/mol. The van der Waals surface area contributed by atoms with Crippen molar-refractivity contribution < 1.29 is 4.39 Å². The SMILES string of the molecule is Cc1c(F)cnc2[nH]ncc12. The summed E-state index contributed by atoms with van der Waals surface area (Å²) in [6.45, 7) is 1.70. The summed E-state index contributed by atoms with van der Waals surface area (Å²) in [6, 6.07) is 0. The number of aromatic amines is 1. The second-order valence-electron chi connectivity index (χ2n) is 2.36. The Morgan fingerprint density at radius 2 is 2.27 bits per heavy atom. The topological polar surface area (TPSA) is 41.6 Å². The molecule has 0 saturated heterocycles. The summed E-state index contributed by atoms with van der Waals surface area (Å²) in [4.78, 5) is 3.81. The summed E-state index contributed by atoms with van der Waals surface area (Å²) < 4.78 is 12.8. The van der Waals surface area contributed by atoms with Crippen LogP contribution in [0.1, 0.15) is 5.56 Å². The summed E-state index contributed by atoms with van der Waals surface area (Å²) in [6.07, 6.45) is 2.76. The number of rotatable bonds is 0. The van der Waals surface area contributed by atoms with Gasteiger partial charge in [0.2, 0.25) is 0 Å². The van der Waals surface area contributed by atoms with Crippen molar-refractivity contribution in [3.05, 3.63) is 23.8 Å². The molecule has 0 fully saturated rings. The maximum absolute atomic E-state index is 12.8. The van der Waals surface area contributed by atoms with Crippen LogP contribution in [0.15, 0.2) is 12.4 Å². The van der Waals surface area contributed by atoms with E-state index in [0.29, 0.717) is 11.2 Å². The fraction of sp³-hybridized carbons (Fsp3) is 0.143. The van der Waals surface area contributed by atoms with E-state index in [0.717, 1.165) is 5.39 Å². The first kappa shape index (κ1) is 6.27. The first-order chi connectivity index (χ1) is 5.29. The molecule has 11 heavy (non-hydrogen) atoms. The normalized spacial score (nSPS) is 10.7. The number of hydrogen-bond donors (Lipinski definition) is 1. The maximum atomic E-state index is 12.8. The lowest BCUT2D eigenvalue weighted by molar-refractivity contribution is 0.615. The van der Waals surface area contributed by atoms with Crippen LogP contribution in [0.2, 0.25) is 0 Å². The number of nitrogens with zero attached hydrogens (tertiary/aromatic N) is 2. The molecule has 1 N–H and O–H groups in total. The zero-order chi connectivity index (χ0) is 7.84. The fourth-order valence-corrected chi connectivity index (χ4v) is 0.999. The molecule has 0 aromatic carbocycles. The first-order valence-corrected chi connectivity index (χ1v) is 3.23. The highest BCUT2D eigenvalue weighted by Gasteiger charge is 2.04. The van der Waals surface area contributed by atoms with E-state index >= 15 is 0 Å². The van der Waals surface area contributed by atoms with Crippen LogP contribution in [0, 0.1) is 12.7 Å². The van der Waals surface area contributed by atoms with Gasteiger partial charge < -0.3 is 0 Å². The Balaban J connectivity index is 2.93. The van der Waals surface area contributed by atoms with Crippen LogP contribution in [0.4, 0.5) is 4.39 Å². The fourth-order valence-electron chi connectivity index (χ4n) is 0.999. The van der Waals surface area contributed by atoms with Gasteiger partial charge in [-0.3, -0.25) is 5.10 Å². The van der Waals surface area contributed by atoms with Crippen LogP contribution >= 0.6 is 0 Å². The van der Waals surface area contributed by atoms with Gasteiger partial charge >= 0.3 is 0 Å². The van der Waals surface area contributed by atoms with E-state index in [1.54, 1.807) is 13.1 Å². The van der Waals surface area contributed by atoms with E-state index in [1.807, 2.05) is 0 Å². The van der Waals surface area contributed by atoms with E-state index in [-0.39, 0.29) is 5.82 Å². The predicted octanol–water partition coefficient (Wildman–Crippen LogP) is 1.41. The van der Waals surface area contributed by atoms with Crippen LogP contribution in [-0.4, -0.2) is 15.2 Å². The minimum absolute atomic E-state index is 0.293. The molecule has 0 radical (unpaired) electrons. The monoisotopic (exact) mass is 151 g/mol. The van der Waals surface area contributed by atoms with Crippen molar-refractivity contribution >= 4 is 11.0 Å². The minimum atomic E-state index is -0.293. The van der Waals surface area contributed by atoms with Gasteiger partial charge in [-0.05, 0) is 12.5 Å². The van der Waals surface area contributed by atoms with Gasteiger partial charge in [0.05, 0.1) is 12.4 Å². The Hall–Kier alpha value is -1.45. The molecule has 0 atom stereocenters. The Labute approximate surface area is 62.3 Å². The summed E-state index contributed by atoms with van der Waals surface area (Å²) in [7, 11) is 0. The maximum Gasteiger partial charge on any atom is 0.155 e. The van der Waals surface area contributed by atoms with E-state index in [1.165, 1.54) is 6.20 Å². The molecule has 0 spiro atoms. The number of halogens is 1. The molecule has 2 aromatic heterocycles. The summed E-state index contributed by atoms with van der Waals surface area (Å²) in [5.41, 5.74) is 1.22. The molecule has 56 valence electrons. The highest BCUT2D eigenvalue weighted by atomic mass is 19.1. The van der Waals surface area contributed by atoms with Gasteiger partial charge in [-0.1, -0.05) is 0 Å². The summed E-state index contributed by atoms with van der Waals surface area (Å²) in [5, 5.41) is 7.15. The van der Waals surface area contributed by atoms with Gasteiger partial charge in [0.25, 0.3) is 0 Å². The van der Waals surface area contributed by atoms with Gasteiger partial charge in [-0.2, -0.15) is 5.10 Å². The summed E-state index contributed by atoms with van der Waals surface area (Å²) >= 11 is 0. The molecule has 3 nitrogen and oxygen atoms in total. The predicted molar refractivity (Wildman–Crippen MR) is 38.6 cm³/mol. The zero-order valence-corrected chi connectivity index (χ0v) is 5.93. The average molecular weight is 151 g/mol. The molecule has 0 aliphatic heterocycles. The highest BCUT2D eigenvalue weighted by molar-refractivity contribution is 5.77. The second kappa shape index (κ2) is 2.02. The lowest BCUT2D eigenvalue weighted by Gasteiger charge is -1.94. The number of fused-ring (bicyclic) bond motifs is 1. The molecule has 2 rings (SSSR count). The Bertz CT molecular complexity index is 393. The number of nitrogens with one attached hydrogen (secondary N) is 1. The van der Waals surface area contributed by atoms with Gasteiger partial charge in [0.1, 0.15) is 5.82 Å². The van der Waals surface area contributed by atoms with E-state index in [2.05, 4.69) is 15.2 Å². The third-order valence-electron chi connectivity index (χ3n) is 1.69. The Morgan fingerprint density at radius 1 is 1.45 bits per heavy atom. The van der Waals surface area contributed by atoms with E-state index < -0.39 is 0 Å². The number of hydrogen-bond acceptors (Lipinski definition) is 2. The molecule has 4 heteroatoms. The van der Waals surface area contributed by atoms with Gasteiger partial charge in [-0.15, -0.1) is 0 Å². The van der Waals surface area contributed by atoms with Crippen molar-refractivity contribution in [1.82, 2.24) is 15.2 Å². The van der Waals surface area contributed by atoms with Crippen LogP contribution < -0.4 is 0 Å². The average Bonchev–Trinajstić information content (AvgIpc) is 2.45. The van der Waals surface area contributed by atoms with Crippen molar-refractivity contribution in [3.63, 3.8) is 0 Å². The molecule has 2 aromatic rings. The molecule has 0 bridgehead atoms. The van der Waals surface area contributed by atoms with Crippen LogP contribution in [0.3, 0.4) is 0 Å². The summed E-state index contributed by atoms with van der Waals surface area (Å²) in [5.74, 6) is -0.293. The number of H-pyrrole nitrogens is 1. The first-order valence-electron chi connectivity index (χ1n) is 3.23. The molecule has 0 amide bonds. The molecule has 0 saturated carbocycles. The van der Waals surface area contributed by atoms with Gasteiger partial charge in [0, 0.05) is 5.39 Å². The third kappa shape index (κ3) is 0.790. The van der Waals surface area contributed by atoms with Crippen LogP contribution in [-0.2, 0) is 0 Å². The minimum Gasteiger partial charge on any atom is -0.261 e. The molecule has 0 aliphatic rings. The van der Waals surface area contributed by atoms with Crippen molar-refractivity contribution in [2.75, 3.05) is 0 Å². The smallest absolute Gasteiger partial charge is 0.155 e. The lowest BCUT2D eigenvalue weighted by atomic mass is 10.2.